The second-order valence-corrected chi connectivity index (χ2v) is 7.53. The molecule has 4 nitrogen and oxygen atoms in total. The topological polar surface area (TPSA) is 50.4 Å². The molecule has 1 saturated heterocycles. The SMILES string of the molecule is COC(CNC(=O)[C@@]12CCCC[C@H]1CNC2)C(C)(C)C.Cl. The highest BCUT2D eigenvalue weighted by Crippen LogP contribution is 2.43. The van der Waals surface area contributed by atoms with Crippen LogP contribution < -0.4 is 10.6 Å². The van der Waals surface area contributed by atoms with Crippen molar-refractivity contribution < 1.29 is 9.53 Å². The van der Waals surface area contributed by atoms with Crippen LogP contribution in [0, 0.1) is 16.7 Å². The zero-order chi connectivity index (χ0) is 14.8. The van der Waals surface area contributed by atoms with Gasteiger partial charge in [-0.2, -0.15) is 0 Å². The molecule has 1 amide bonds. The third-order valence-electron chi connectivity index (χ3n) is 5.19. The van der Waals surface area contributed by atoms with E-state index >= 15 is 0 Å². The highest BCUT2D eigenvalue weighted by Gasteiger charge is 2.49. The average molecular weight is 319 g/mol. The highest BCUT2D eigenvalue weighted by molar-refractivity contribution is 5.85. The van der Waals surface area contributed by atoms with Gasteiger partial charge in [-0.3, -0.25) is 4.79 Å². The van der Waals surface area contributed by atoms with Crippen molar-refractivity contribution in [3.63, 3.8) is 0 Å². The summed E-state index contributed by atoms with van der Waals surface area (Å²) < 4.78 is 5.53. The Bertz CT molecular complexity index is 357. The maximum Gasteiger partial charge on any atom is 0.227 e. The molecule has 2 N–H and O–H groups in total. The molecule has 1 aliphatic heterocycles. The van der Waals surface area contributed by atoms with Gasteiger partial charge in [0.15, 0.2) is 0 Å². The average Bonchev–Trinajstić information content (AvgIpc) is 2.82. The minimum Gasteiger partial charge on any atom is -0.379 e. The fourth-order valence-electron chi connectivity index (χ4n) is 3.79. The van der Waals surface area contributed by atoms with Gasteiger partial charge in [-0.25, -0.2) is 0 Å². The molecule has 1 saturated carbocycles. The molecule has 0 aromatic carbocycles. The van der Waals surface area contributed by atoms with Crippen molar-refractivity contribution in [3.8, 4) is 0 Å². The first kappa shape index (κ1) is 18.7. The number of carbonyl (C=O) groups is 1. The number of amides is 1. The fourth-order valence-corrected chi connectivity index (χ4v) is 3.79. The Morgan fingerprint density at radius 3 is 2.76 bits per heavy atom. The summed E-state index contributed by atoms with van der Waals surface area (Å²) >= 11 is 0. The summed E-state index contributed by atoms with van der Waals surface area (Å²) in [5, 5.41) is 6.59. The number of nitrogens with one attached hydrogen (secondary N) is 2. The lowest BCUT2D eigenvalue weighted by Crippen LogP contribution is -2.51. The molecule has 0 aromatic heterocycles. The van der Waals surface area contributed by atoms with Crippen LogP contribution in [0.5, 0.6) is 0 Å². The number of rotatable bonds is 4. The number of hydrogen-bond acceptors (Lipinski definition) is 3. The lowest BCUT2D eigenvalue weighted by Gasteiger charge is -2.38. The molecule has 0 bridgehead atoms. The van der Waals surface area contributed by atoms with Crippen LogP contribution in [0.15, 0.2) is 0 Å². The van der Waals surface area contributed by atoms with Crippen molar-refractivity contribution in [1.82, 2.24) is 10.6 Å². The van der Waals surface area contributed by atoms with Gasteiger partial charge < -0.3 is 15.4 Å². The molecule has 5 heteroatoms. The molecule has 2 aliphatic rings. The van der Waals surface area contributed by atoms with E-state index in [9.17, 15) is 4.79 Å². The van der Waals surface area contributed by atoms with Crippen LogP contribution in [-0.2, 0) is 9.53 Å². The molecule has 21 heavy (non-hydrogen) atoms. The van der Waals surface area contributed by atoms with E-state index in [4.69, 9.17) is 4.74 Å². The third-order valence-corrected chi connectivity index (χ3v) is 5.19. The minimum absolute atomic E-state index is 0. The van der Waals surface area contributed by atoms with Crippen LogP contribution in [0.4, 0.5) is 0 Å². The molecule has 124 valence electrons. The predicted molar refractivity (Wildman–Crippen MR) is 87.8 cm³/mol. The van der Waals surface area contributed by atoms with E-state index in [0.717, 1.165) is 19.5 Å². The maximum absolute atomic E-state index is 12.7. The van der Waals surface area contributed by atoms with Gasteiger partial charge in [0.25, 0.3) is 0 Å². The van der Waals surface area contributed by atoms with E-state index in [1.54, 1.807) is 7.11 Å². The lowest BCUT2D eigenvalue weighted by atomic mass is 9.67. The Morgan fingerprint density at radius 2 is 2.14 bits per heavy atom. The first-order chi connectivity index (χ1) is 9.40. The molecule has 1 unspecified atom stereocenters. The van der Waals surface area contributed by atoms with Gasteiger partial charge in [-0.1, -0.05) is 33.6 Å². The number of fused-ring (bicyclic) bond motifs is 1. The molecule has 2 fully saturated rings. The molecule has 1 aliphatic carbocycles. The van der Waals surface area contributed by atoms with Gasteiger partial charge in [0.05, 0.1) is 11.5 Å². The summed E-state index contributed by atoms with van der Waals surface area (Å²) in [4.78, 5) is 12.7. The van der Waals surface area contributed by atoms with E-state index in [1.807, 2.05) is 0 Å². The van der Waals surface area contributed by atoms with E-state index in [2.05, 4.69) is 31.4 Å². The largest absolute Gasteiger partial charge is 0.379 e. The van der Waals surface area contributed by atoms with Crippen molar-refractivity contribution >= 4 is 18.3 Å². The molecule has 2 rings (SSSR count). The van der Waals surface area contributed by atoms with E-state index in [0.29, 0.717) is 12.5 Å². The Balaban J connectivity index is 0.00000220. The number of carbonyl (C=O) groups excluding carboxylic acids is 1. The Labute approximate surface area is 135 Å². The number of halogens is 1. The number of methoxy groups -OCH3 is 1. The van der Waals surface area contributed by atoms with Crippen LogP contribution in [0.1, 0.15) is 46.5 Å². The van der Waals surface area contributed by atoms with Gasteiger partial charge in [0, 0.05) is 20.2 Å². The monoisotopic (exact) mass is 318 g/mol. The second-order valence-electron chi connectivity index (χ2n) is 7.53. The Hall–Kier alpha value is -0.320. The minimum atomic E-state index is -0.158. The maximum atomic E-state index is 12.7. The zero-order valence-corrected chi connectivity index (χ0v) is 14.6. The van der Waals surface area contributed by atoms with E-state index in [-0.39, 0.29) is 35.2 Å². The summed E-state index contributed by atoms with van der Waals surface area (Å²) in [6, 6.07) is 0. The fraction of sp³-hybridized carbons (Fsp3) is 0.938. The first-order valence-electron chi connectivity index (χ1n) is 7.92. The quantitative estimate of drug-likeness (QED) is 0.836. The smallest absolute Gasteiger partial charge is 0.227 e. The van der Waals surface area contributed by atoms with Crippen molar-refractivity contribution in [2.45, 2.75) is 52.6 Å². The molecule has 0 radical (unpaired) electrons. The van der Waals surface area contributed by atoms with Crippen LogP contribution in [0.3, 0.4) is 0 Å². The highest BCUT2D eigenvalue weighted by atomic mass is 35.5. The molecule has 3 atom stereocenters. The summed E-state index contributed by atoms with van der Waals surface area (Å²) in [7, 11) is 1.72. The van der Waals surface area contributed by atoms with Crippen molar-refractivity contribution in [3.05, 3.63) is 0 Å². The van der Waals surface area contributed by atoms with E-state index in [1.165, 1.54) is 19.3 Å². The predicted octanol–water partition coefficient (Wildman–Crippen LogP) is 2.37. The Morgan fingerprint density at radius 1 is 1.43 bits per heavy atom. The van der Waals surface area contributed by atoms with Crippen LogP contribution >= 0.6 is 12.4 Å². The van der Waals surface area contributed by atoms with Gasteiger partial charge in [-0.15, -0.1) is 12.4 Å². The summed E-state index contributed by atoms with van der Waals surface area (Å²) in [6.07, 6.45) is 4.72. The van der Waals surface area contributed by atoms with Crippen molar-refractivity contribution in [1.29, 1.82) is 0 Å². The Kier molecular flexibility index (Phi) is 6.51. The number of hydrogen-bond donors (Lipinski definition) is 2. The summed E-state index contributed by atoms with van der Waals surface area (Å²) in [6.45, 7) is 8.88. The lowest BCUT2D eigenvalue weighted by molar-refractivity contribution is -0.135. The normalized spacial score (nSPS) is 30.2. The van der Waals surface area contributed by atoms with E-state index < -0.39 is 0 Å². The first-order valence-corrected chi connectivity index (χ1v) is 7.92. The van der Waals surface area contributed by atoms with Crippen LogP contribution in [-0.4, -0.2) is 38.8 Å². The van der Waals surface area contributed by atoms with Gasteiger partial charge in [0.2, 0.25) is 5.91 Å². The third kappa shape index (κ3) is 3.91. The standard InChI is InChI=1S/C16H30N2O2.ClH/c1-15(2,3)13(20-4)10-18-14(19)16-8-6-5-7-12(16)9-17-11-16;/h12-13,17H,5-11H2,1-4H3,(H,18,19);1H/t12-,13?,16+;/m0./s1. The van der Waals surface area contributed by atoms with Crippen LogP contribution in [0.2, 0.25) is 0 Å². The summed E-state index contributed by atoms with van der Waals surface area (Å²) in [5.41, 5.74) is -0.117. The molecular formula is C16H31ClN2O2. The van der Waals surface area contributed by atoms with Crippen molar-refractivity contribution in [2.24, 2.45) is 16.7 Å². The van der Waals surface area contributed by atoms with Crippen LogP contribution in [0.25, 0.3) is 0 Å². The molecule has 0 aromatic rings. The zero-order valence-electron chi connectivity index (χ0n) is 13.8. The molecular weight excluding hydrogens is 288 g/mol. The van der Waals surface area contributed by atoms with Gasteiger partial charge in [0.1, 0.15) is 0 Å². The van der Waals surface area contributed by atoms with Gasteiger partial charge >= 0.3 is 0 Å². The molecule has 1 heterocycles. The summed E-state index contributed by atoms with van der Waals surface area (Å²) in [5.74, 6) is 0.755. The second kappa shape index (κ2) is 7.30. The number of ether oxygens (including phenoxy) is 1. The van der Waals surface area contributed by atoms with Gasteiger partial charge in [-0.05, 0) is 30.7 Å². The molecule has 0 spiro atoms. The van der Waals surface area contributed by atoms with Crippen molar-refractivity contribution in [2.75, 3.05) is 26.7 Å².